The van der Waals surface area contributed by atoms with Crippen molar-refractivity contribution in [2.45, 2.75) is 63.7 Å². The van der Waals surface area contributed by atoms with Crippen molar-refractivity contribution in [1.82, 2.24) is 9.55 Å². The molecule has 19 heavy (non-hydrogen) atoms. The maximum absolute atomic E-state index is 10.7. The zero-order valence-electron chi connectivity index (χ0n) is 11.7. The molecule has 3 rings (SSSR count). The Labute approximate surface area is 114 Å². The highest BCUT2D eigenvalue weighted by molar-refractivity contribution is 5.06. The first-order valence-corrected chi connectivity index (χ1v) is 7.56. The Morgan fingerprint density at radius 2 is 2.32 bits per heavy atom. The van der Waals surface area contributed by atoms with Gasteiger partial charge in [0.1, 0.15) is 0 Å². The van der Waals surface area contributed by atoms with Gasteiger partial charge < -0.3 is 14.4 Å². The number of aryl methyl sites for hydroxylation is 1. The van der Waals surface area contributed by atoms with E-state index in [1.807, 2.05) is 17.1 Å². The smallest absolute Gasteiger partial charge is 0.0985 e. The Kier molecular flexibility index (Phi) is 3.63. The summed E-state index contributed by atoms with van der Waals surface area (Å²) in [6, 6.07) is 0. The first kappa shape index (κ1) is 13.1. The van der Waals surface area contributed by atoms with Crippen molar-refractivity contribution in [3.8, 4) is 0 Å². The van der Waals surface area contributed by atoms with Gasteiger partial charge in [-0.05, 0) is 38.5 Å². The maximum Gasteiger partial charge on any atom is 0.0985 e. The minimum Gasteiger partial charge on any atom is -0.387 e. The number of ether oxygens (including phenoxy) is 1. The molecule has 1 spiro atoms. The van der Waals surface area contributed by atoms with Gasteiger partial charge >= 0.3 is 0 Å². The Morgan fingerprint density at radius 1 is 1.53 bits per heavy atom. The lowest BCUT2D eigenvalue weighted by atomic mass is 9.81. The van der Waals surface area contributed by atoms with Gasteiger partial charge in [-0.2, -0.15) is 0 Å². The van der Waals surface area contributed by atoms with Crippen LogP contribution in [-0.2, 0) is 11.3 Å². The van der Waals surface area contributed by atoms with Gasteiger partial charge in [-0.3, -0.25) is 0 Å². The van der Waals surface area contributed by atoms with Crippen LogP contribution in [0.3, 0.4) is 0 Å². The summed E-state index contributed by atoms with van der Waals surface area (Å²) in [6.07, 6.45) is 10.1. The molecule has 1 aromatic rings. The largest absolute Gasteiger partial charge is 0.387 e. The molecule has 1 aliphatic heterocycles. The monoisotopic (exact) mass is 264 g/mol. The van der Waals surface area contributed by atoms with Crippen LogP contribution >= 0.6 is 0 Å². The normalized spacial score (nSPS) is 27.8. The van der Waals surface area contributed by atoms with E-state index in [2.05, 4.69) is 11.9 Å². The zero-order chi connectivity index (χ0) is 13.3. The number of imidazole rings is 1. The number of hydrogen-bond acceptors (Lipinski definition) is 3. The van der Waals surface area contributed by atoms with E-state index in [4.69, 9.17) is 4.74 Å². The number of rotatable bonds is 3. The summed E-state index contributed by atoms with van der Waals surface area (Å²) in [4.78, 5) is 4.17. The van der Waals surface area contributed by atoms with E-state index in [1.54, 1.807) is 0 Å². The molecule has 4 heteroatoms. The predicted molar refractivity (Wildman–Crippen MR) is 72.7 cm³/mol. The van der Waals surface area contributed by atoms with E-state index >= 15 is 0 Å². The highest BCUT2D eigenvalue weighted by Gasteiger charge is 2.42. The Morgan fingerprint density at radius 3 is 3.05 bits per heavy atom. The molecule has 2 unspecified atom stereocenters. The molecule has 1 saturated carbocycles. The molecule has 4 nitrogen and oxygen atoms in total. The second-order valence-corrected chi connectivity index (χ2v) is 6.04. The van der Waals surface area contributed by atoms with Gasteiger partial charge in [0.05, 0.1) is 29.9 Å². The quantitative estimate of drug-likeness (QED) is 0.913. The van der Waals surface area contributed by atoms with Crippen LogP contribution in [0.4, 0.5) is 0 Å². The summed E-state index contributed by atoms with van der Waals surface area (Å²) >= 11 is 0. The molecule has 106 valence electrons. The van der Waals surface area contributed by atoms with E-state index in [9.17, 15) is 5.11 Å². The molecule has 1 saturated heterocycles. The van der Waals surface area contributed by atoms with Gasteiger partial charge in [0.25, 0.3) is 0 Å². The molecular weight excluding hydrogens is 240 g/mol. The van der Waals surface area contributed by atoms with Crippen molar-refractivity contribution in [2.75, 3.05) is 6.61 Å². The second-order valence-electron chi connectivity index (χ2n) is 6.04. The number of nitrogens with zero attached hydrogens (tertiary/aromatic N) is 2. The van der Waals surface area contributed by atoms with Crippen molar-refractivity contribution in [3.63, 3.8) is 0 Å². The maximum atomic E-state index is 10.7. The van der Waals surface area contributed by atoms with Gasteiger partial charge in [0.2, 0.25) is 0 Å². The Bertz CT molecular complexity index is 424. The van der Waals surface area contributed by atoms with Gasteiger partial charge in [-0.1, -0.05) is 12.8 Å². The molecule has 2 atom stereocenters. The molecular formula is C15H24N2O2. The zero-order valence-corrected chi connectivity index (χ0v) is 11.7. The van der Waals surface area contributed by atoms with Crippen LogP contribution in [0, 0.1) is 5.92 Å². The van der Waals surface area contributed by atoms with Gasteiger partial charge in [-0.25, -0.2) is 4.98 Å². The van der Waals surface area contributed by atoms with Crippen molar-refractivity contribution >= 4 is 0 Å². The third-order valence-corrected chi connectivity index (χ3v) is 4.88. The first-order chi connectivity index (χ1) is 9.24. The molecule has 0 radical (unpaired) electrons. The standard InChI is InChI=1S/C15H24N2O2/c1-2-17-11-16-10-13(17)14(18)12-5-8-19-15(9-12)6-3-4-7-15/h10-12,14,18H,2-9H2,1H3. The van der Waals surface area contributed by atoms with Crippen LogP contribution < -0.4 is 0 Å². The summed E-state index contributed by atoms with van der Waals surface area (Å²) in [5, 5.41) is 10.7. The van der Waals surface area contributed by atoms with Crippen molar-refractivity contribution in [2.24, 2.45) is 5.92 Å². The van der Waals surface area contributed by atoms with E-state index < -0.39 is 6.10 Å². The van der Waals surface area contributed by atoms with E-state index in [0.717, 1.165) is 31.7 Å². The minimum absolute atomic E-state index is 0.0704. The summed E-state index contributed by atoms with van der Waals surface area (Å²) in [5.41, 5.74) is 1.03. The van der Waals surface area contributed by atoms with Crippen LogP contribution in [0.2, 0.25) is 0 Å². The van der Waals surface area contributed by atoms with Crippen LogP contribution in [-0.4, -0.2) is 26.9 Å². The number of hydrogen-bond donors (Lipinski definition) is 1. The molecule has 0 bridgehead atoms. The lowest BCUT2D eigenvalue weighted by molar-refractivity contribution is -0.114. The van der Waals surface area contributed by atoms with Crippen LogP contribution in [0.5, 0.6) is 0 Å². The fourth-order valence-corrected chi connectivity index (χ4v) is 3.79. The Hall–Kier alpha value is -0.870. The molecule has 1 aliphatic carbocycles. The van der Waals surface area contributed by atoms with Crippen LogP contribution in [0.25, 0.3) is 0 Å². The van der Waals surface area contributed by atoms with Crippen molar-refractivity contribution in [3.05, 3.63) is 18.2 Å². The van der Waals surface area contributed by atoms with E-state index in [0.29, 0.717) is 5.92 Å². The average Bonchev–Trinajstić information content (AvgIpc) is 3.07. The second kappa shape index (κ2) is 5.25. The first-order valence-electron chi connectivity index (χ1n) is 7.56. The molecule has 1 aromatic heterocycles. The molecule has 0 amide bonds. The highest BCUT2D eigenvalue weighted by atomic mass is 16.5. The number of aliphatic hydroxyl groups excluding tert-OH is 1. The predicted octanol–water partition coefficient (Wildman–Crippen LogP) is 2.68. The highest BCUT2D eigenvalue weighted by Crippen LogP contribution is 2.45. The van der Waals surface area contributed by atoms with Crippen LogP contribution in [0.15, 0.2) is 12.5 Å². The molecule has 1 N–H and O–H groups in total. The lowest BCUT2D eigenvalue weighted by Gasteiger charge is -2.40. The summed E-state index contributed by atoms with van der Waals surface area (Å²) in [7, 11) is 0. The fraction of sp³-hybridized carbons (Fsp3) is 0.800. The lowest BCUT2D eigenvalue weighted by Crippen LogP contribution is -2.39. The van der Waals surface area contributed by atoms with E-state index in [-0.39, 0.29) is 5.60 Å². The molecule has 2 heterocycles. The summed E-state index contributed by atoms with van der Waals surface area (Å²) in [6.45, 7) is 3.74. The van der Waals surface area contributed by atoms with Crippen molar-refractivity contribution < 1.29 is 9.84 Å². The van der Waals surface area contributed by atoms with Gasteiger partial charge in [-0.15, -0.1) is 0 Å². The molecule has 2 fully saturated rings. The average molecular weight is 264 g/mol. The summed E-state index contributed by atoms with van der Waals surface area (Å²) < 4.78 is 8.09. The molecule has 0 aromatic carbocycles. The fourth-order valence-electron chi connectivity index (χ4n) is 3.79. The molecule has 2 aliphatic rings. The third kappa shape index (κ3) is 2.43. The topological polar surface area (TPSA) is 47.3 Å². The summed E-state index contributed by atoms with van der Waals surface area (Å²) in [5.74, 6) is 0.314. The number of aliphatic hydroxyl groups is 1. The number of aromatic nitrogens is 2. The Balaban J connectivity index is 1.74. The van der Waals surface area contributed by atoms with Gasteiger partial charge in [0.15, 0.2) is 0 Å². The minimum atomic E-state index is -0.399. The van der Waals surface area contributed by atoms with E-state index in [1.165, 1.54) is 25.7 Å². The van der Waals surface area contributed by atoms with Crippen molar-refractivity contribution in [1.29, 1.82) is 0 Å². The third-order valence-electron chi connectivity index (χ3n) is 4.88. The van der Waals surface area contributed by atoms with Gasteiger partial charge in [0, 0.05) is 13.2 Å². The van der Waals surface area contributed by atoms with Crippen LogP contribution in [0.1, 0.15) is 57.2 Å². The SMILES string of the molecule is CCn1cncc1C(O)C1CCOC2(CCCC2)C1.